The van der Waals surface area contributed by atoms with Crippen LogP contribution in [0.15, 0.2) is 48.9 Å². The third-order valence-corrected chi connectivity index (χ3v) is 5.61. The summed E-state index contributed by atoms with van der Waals surface area (Å²) in [4.78, 5) is 31.8. The molecule has 1 aliphatic heterocycles. The number of aromatic nitrogens is 2. The highest BCUT2D eigenvalue weighted by molar-refractivity contribution is 5.90. The summed E-state index contributed by atoms with van der Waals surface area (Å²) < 4.78 is 15.2. The first kappa shape index (κ1) is 21.0. The Morgan fingerprint density at radius 1 is 1.13 bits per heavy atom. The second-order valence-corrected chi connectivity index (χ2v) is 7.68. The Morgan fingerprint density at radius 3 is 2.55 bits per heavy atom. The lowest BCUT2D eigenvalue weighted by atomic mass is 10.0. The molecule has 0 spiro atoms. The number of carbonyl (C=O) groups is 2. The fourth-order valence-corrected chi connectivity index (χ4v) is 4.20. The highest BCUT2D eigenvalue weighted by Crippen LogP contribution is 2.32. The Bertz CT molecular complexity index is 1090. The summed E-state index contributed by atoms with van der Waals surface area (Å²) in [5, 5.41) is 19.8. The van der Waals surface area contributed by atoms with Crippen LogP contribution in [0.3, 0.4) is 0 Å². The maximum Gasteiger partial charge on any atom is 0.325 e. The van der Waals surface area contributed by atoms with Crippen LogP contribution in [0.2, 0.25) is 0 Å². The maximum atomic E-state index is 13.8. The predicted molar refractivity (Wildman–Crippen MR) is 111 cm³/mol. The van der Waals surface area contributed by atoms with Crippen LogP contribution in [0, 0.1) is 5.82 Å². The van der Waals surface area contributed by atoms with Crippen LogP contribution in [0.4, 0.5) is 4.39 Å². The van der Waals surface area contributed by atoms with E-state index in [2.05, 4.69) is 9.88 Å². The van der Waals surface area contributed by atoms with Crippen LogP contribution in [0.5, 0.6) is 0 Å². The summed E-state index contributed by atoms with van der Waals surface area (Å²) in [6, 6.07) is 6.99. The van der Waals surface area contributed by atoms with Gasteiger partial charge in [-0.1, -0.05) is 6.07 Å². The molecule has 1 aliphatic rings. The first-order chi connectivity index (χ1) is 14.9. The Morgan fingerprint density at radius 2 is 1.90 bits per heavy atom. The molecule has 1 unspecified atom stereocenters. The molecule has 0 aliphatic carbocycles. The fourth-order valence-electron chi connectivity index (χ4n) is 4.20. The molecule has 0 radical (unpaired) electrons. The van der Waals surface area contributed by atoms with Gasteiger partial charge in [-0.25, -0.2) is 4.39 Å². The molecule has 9 heteroatoms. The van der Waals surface area contributed by atoms with Crippen molar-refractivity contribution in [1.82, 2.24) is 19.4 Å². The Labute approximate surface area is 178 Å². The highest BCUT2D eigenvalue weighted by atomic mass is 19.1. The molecular formula is C22H23FN4O4. The smallest absolute Gasteiger partial charge is 0.325 e. The Hall–Kier alpha value is -3.30. The van der Waals surface area contributed by atoms with Crippen LogP contribution in [0.25, 0.3) is 10.9 Å². The molecule has 1 aromatic carbocycles. The number of carboxylic acids is 2. The van der Waals surface area contributed by atoms with Gasteiger partial charge in [0.2, 0.25) is 0 Å². The summed E-state index contributed by atoms with van der Waals surface area (Å²) in [5.74, 6) is -2.59. The van der Waals surface area contributed by atoms with Gasteiger partial charge in [-0.2, -0.15) is 0 Å². The van der Waals surface area contributed by atoms with E-state index in [1.54, 1.807) is 6.20 Å². The van der Waals surface area contributed by atoms with Gasteiger partial charge in [0.05, 0.1) is 5.52 Å². The summed E-state index contributed by atoms with van der Waals surface area (Å²) in [5.41, 5.74) is 1.95. The van der Waals surface area contributed by atoms with Crippen molar-refractivity contribution in [3.05, 3.63) is 65.9 Å². The number of hydrogen-bond donors (Lipinski definition) is 2. The topological polar surface area (TPSA) is 98.9 Å². The monoisotopic (exact) mass is 426 g/mol. The fraction of sp³-hybridized carbons (Fsp3) is 0.318. The van der Waals surface area contributed by atoms with Gasteiger partial charge >= 0.3 is 11.9 Å². The number of aliphatic carboxylic acids is 2. The zero-order valence-electron chi connectivity index (χ0n) is 16.8. The molecular weight excluding hydrogens is 403 g/mol. The number of rotatable bonds is 7. The number of fused-ring (bicyclic) bond motifs is 1. The quantitative estimate of drug-likeness (QED) is 0.598. The average molecular weight is 426 g/mol. The lowest BCUT2D eigenvalue weighted by Gasteiger charge is -2.37. The van der Waals surface area contributed by atoms with Crippen molar-refractivity contribution in [1.29, 1.82) is 0 Å². The normalized spacial score (nSPS) is 16.4. The van der Waals surface area contributed by atoms with Crippen molar-refractivity contribution >= 4 is 22.8 Å². The van der Waals surface area contributed by atoms with E-state index in [-0.39, 0.29) is 6.54 Å². The minimum Gasteiger partial charge on any atom is -0.480 e. The molecule has 4 rings (SSSR count). The van der Waals surface area contributed by atoms with Crippen molar-refractivity contribution in [2.24, 2.45) is 0 Å². The molecule has 0 bridgehead atoms. The number of carboxylic acid groups (broad SMARTS) is 2. The van der Waals surface area contributed by atoms with Crippen LogP contribution < -0.4 is 0 Å². The number of hydrogen-bond acceptors (Lipinski definition) is 5. The minimum absolute atomic E-state index is 0.370. The van der Waals surface area contributed by atoms with Gasteiger partial charge in [0.25, 0.3) is 0 Å². The van der Waals surface area contributed by atoms with E-state index in [9.17, 15) is 24.2 Å². The van der Waals surface area contributed by atoms with Crippen LogP contribution >= 0.6 is 0 Å². The third-order valence-electron chi connectivity index (χ3n) is 5.61. The summed E-state index contributed by atoms with van der Waals surface area (Å²) in [6.45, 7) is 2.86. The first-order valence-electron chi connectivity index (χ1n) is 10.0. The number of piperazine rings is 1. The predicted octanol–water partition coefficient (Wildman–Crippen LogP) is 2.20. The zero-order chi connectivity index (χ0) is 22.0. The number of pyridine rings is 1. The molecule has 0 amide bonds. The lowest BCUT2D eigenvalue weighted by Crippen LogP contribution is -2.48. The molecule has 8 nitrogen and oxygen atoms in total. The Balaban J connectivity index is 1.58. The van der Waals surface area contributed by atoms with Gasteiger partial charge in [-0.3, -0.25) is 24.4 Å². The summed E-state index contributed by atoms with van der Waals surface area (Å²) >= 11 is 0. The largest absolute Gasteiger partial charge is 0.480 e. The van der Waals surface area contributed by atoms with E-state index in [0.717, 1.165) is 12.1 Å². The summed E-state index contributed by atoms with van der Waals surface area (Å²) in [7, 11) is 0. The SMILES string of the molecule is O=C(O)Cn1cc(C(C(=O)O)N2CCN(Cc3cccnc3)CC2)c2ccc(F)cc21. The number of nitrogens with zero attached hydrogens (tertiary/aromatic N) is 4. The van der Waals surface area contributed by atoms with Gasteiger partial charge in [0, 0.05) is 62.3 Å². The standard InChI is InChI=1S/C22H23FN4O4/c23-16-3-4-17-18(13-27(14-20(28)29)19(17)10-16)21(22(30)31)26-8-6-25(7-9-26)12-15-2-1-5-24-11-15/h1-5,10-11,13,21H,6-9,12,14H2,(H,28,29)(H,30,31). The van der Waals surface area contributed by atoms with Gasteiger partial charge in [-0.15, -0.1) is 0 Å². The molecule has 1 atom stereocenters. The Kier molecular flexibility index (Phi) is 5.97. The van der Waals surface area contributed by atoms with Crippen molar-refractivity contribution in [3.63, 3.8) is 0 Å². The molecule has 2 N–H and O–H groups in total. The van der Waals surface area contributed by atoms with Crippen LogP contribution in [-0.2, 0) is 22.7 Å². The second-order valence-electron chi connectivity index (χ2n) is 7.68. The zero-order valence-corrected chi connectivity index (χ0v) is 16.8. The van der Waals surface area contributed by atoms with Crippen LogP contribution in [0.1, 0.15) is 17.2 Å². The van der Waals surface area contributed by atoms with E-state index < -0.39 is 23.8 Å². The second kappa shape index (κ2) is 8.83. The van der Waals surface area contributed by atoms with E-state index in [1.165, 1.54) is 29.0 Å². The van der Waals surface area contributed by atoms with E-state index >= 15 is 0 Å². The molecule has 1 fully saturated rings. The number of benzene rings is 1. The van der Waals surface area contributed by atoms with Gasteiger partial charge in [-0.05, 0) is 29.8 Å². The van der Waals surface area contributed by atoms with E-state index in [4.69, 9.17) is 0 Å². The third kappa shape index (κ3) is 4.57. The molecule has 162 valence electrons. The molecule has 2 aromatic heterocycles. The first-order valence-corrected chi connectivity index (χ1v) is 10.0. The molecule has 0 saturated carbocycles. The van der Waals surface area contributed by atoms with Crippen LogP contribution in [-0.4, -0.2) is 67.7 Å². The molecule has 3 heterocycles. The van der Waals surface area contributed by atoms with Crippen molar-refractivity contribution in [3.8, 4) is 0 Å². The van der Waals surface area contributed by atoms with Crippen molar-refractivity contribution in [2.45, 2.75) is 19.1 Å². The van der Waals surface area contributed by atoms with Gasteiger partial charge in [0.15, 0.2) is 0 Å². The lowest BCUT2D eigenvalue weighted by molar-refractivity contribution is -0.144. The van der Waals surface area contributed by atoms with Crippen molar-refractivity contribution in [2.75, 3.05) is 26.2 Å². The van der Waals surface area contributed by atoms with Gasteiger partial charge < -0.3 is 14.8 Å². The summed E-state index contributed by atoms with van der Waals surface area (Å²) in [6.07, 6.45) is 5.08. The van der Waals surface area contributed by atoms with Crippen molar-refractivity contribution < 1.29 is 24.2 Å². The maximum absolute atomic E-state index is 13.8. The van der Waals surface area contributed by atoms with E-state index in [1.807, 2.05) is 23.2 Å². The highest BCUT2D eigenvalue weighted by Gasteiger charge is 2.33. The van der Waals surface area contributed by atoms with E-state index in [0.29, 0.717) is 42.6 Å². The molecule has 3 aromatic rings. The number of halogens is 1. The minimum atomic E-state index is -1.08. The average Bonchev–Trinajstić information content (AvgIpc) is 3.06. The molecule has 31 heavy (non-hydrogen) atoms. The van der Waals surface area contributed by atoms with Gasteiger partial charge in [0.1, 0.15) is 18.4 Å². The molecule has 1 saturated heterocycles.